The van der Waals surface area contributed by atoms with Gasteiger partial charge in [-0.3, -0.25) is 14.5 Å². The van der Waals surface area contributed by atoms with Gasteiger partial charge in [-0.1, -0.05) is 18.2 Å². The molecule has 0 spiro atoms. The van der Waals surface area contributed by atoms with Crippen LogP contribution in [0.4, 0.5) is 0 Å². The monoisotopic (exact) mass is 344 g/mol. The Morgan fingerprint density at radius 1 is 1.19 bits per heavy atom. The highest BCUT2D eigenvalue weighted by molar-refractivity contribution is 5.88. The molecule has 1 aliphatic carbocycles. The second kappa shape index (κ2) is 5.59. The average molecular weight is 344 g/mol. The lowest BCUT2D eigenvalue weighted by Crippen LogP contribution is -1.94. The highest BCUT2D eigenvalue weighted by Gasteiger charge is 2.19. The minimum absolute atomic E-state index is 0.287. The van der Waals surface area contributed by atoms with Gasteiger partial charge in [-0.15, -0.1) is 0 Å². The summed E-state index contributed by atoms with van der Waals surface area (Å²) in [6.07, 6.45) is 8.92. The van der Waals surface area contributed by atoms with E-state index in [0.29, 0.717) is 24.9 Å². The molecule has 0 fully saturated rings. The molecule has 7 heteroatoms. The lowest BCUT2D eigenvalue weighted by molar-refractivity contribution is -0.117. The number of aryl methyl sites for hydroxylation is 1. The number of benzene rings is 1. The quantitative estimate of drug-likeness (QED) is 0.566. The van der Waals surface area contributed by atoms with Crippen LogP contribution in [-0.2, 0) is 31.1 Å². The first kappa shape index (κ1) is 14.9. The van der Waals surface area contributed by atoms with E-state index in [-0.39, 0.29) is 5.78 Å². The maximum Gasteiger partial charge on any atom is 0.182 e. The molecule has 0 atom stereocenters. The van der Waals surface area contributed by atoms with Crippen molar-refractivity contribution < 1.29 is 4.79 Å². The Morgan fingerprint density at radius 3 is 2.92 bits per heavy atom. The van der Waals surface area contributed by atoms with Gasteiger partial charge in [0.2, 0.25) is 0 Å². The zero-order chi connectivity index (χ0) is 17.7. The van der Waals surface area contributed by atoms with E-state index >= 15 is 0 Å². The van der Waals surface area contributed by atoms with Crippen LogP contribution >= 0.6 is 0 Å². The summed E-state index contributed by atoms with van der Waals surface area (Å²) in [5, 5.41) is 8.79. The Hall–Kier alpha value is -3.35. The maximum atomic E-state index is 11.6. The first-order valence-electron chi connectivity index (χ1n) is 8.47. The fourth-order valence-corrected chi connectivity index (χ4v) is 3.48. The predicted octanol–water partition coefficient (Wildman–Crippen LogP) is 1.78. The van der Waals surface area contributed by atoms with Crippen molar-refractivity contribution in [1.82, 2.24) is 29.4 Å². The number of nitrogens with zero attached hydrogens (tertiary/aromatic N) is 6. The molecule has 128 valence electrons. The predicted molar refractivity (Wildman–Crippen MR) is 94.6 cm³/mol. The smallest absolute Gasteiger partial charge is 0.182 e. The standard InChI is InChI=1S/C19H16N6O/c1-24-11-15(10-21-24)18-19-22-17(23-25(19)5-4-20-18)7-12-2-3-13-8-16(26)9-14(13)6-12/h2-6,10-11H,7-9H2,1H3. The Bertz CT molecular complexity index is 1160. The van der Waals surface area contributed by atoms with Gasteiger partial charge in [0, 0.05) is 50.5 Å². The molecule has 0 aliphatic heterocycles. The van der Waals surface area contributed by atoms with Gasteiger partial charge in [0.15, 0.2) is 11.5 Å². The van der Waals surface area contributed by atoms with Crippen LogP contribution in [0.15, 0.2) is 43.0 Å². The Morgan fingerprint density at radius 2 is 2.08 bits per heavy atom. The summed E-state index contributed by atoms with van der Waals surface area (Å²) in [6, 6.07) is 6.21. The first-order chi connectivity index (χ1) is 12.7. The highest BCUT2D eigenvalue weighted by Crippen LogP contribution is 2.23. The molecule has 3 aromatic heterocycles. The number of carbonyl (C=O) groups excluding carboxylic acids is 1. The summed E-state index contributed by atoms with van der Waals surface area (Å²) >= 11 is 0. The second-order valence-corrected chi connectivity index (χ2v) is 6.65. The normalized spacial score (nSPS) is 13.5. The Labute approximate surface area is 149 Å². The number of aromatic nitrogens is 6. The van der Waals surface area contributed by atoms with Crippen LogP contribution in [-0.4, -0.2) is 35.1 Å². The number of carbonyl (C=O) groups is 1. The number of hydrogen-bond donors (Lipinski definition) is 0. The first-order valence-corrected chi connectivity index (χ1v) is 8.47. The molecule has 0 saturated heterocycles. The topological polar surface area (TPSA) is 78.0 Å². The van der Waals surface area contributed by atoms with Crippen molar-refractivity contribution in [3.63, 3.8) is 0 Å². The van der Waals surface area contributed by atoms with E-state index < -0.39 is 0 Å². The van der Waals surface area contributed by atoms with Crippen LogP contribution in [0.1, 0.15) is 22.5 Å². The minimum atomic E-state index is 0.287. The molecule has 0 amide bonds. The molecule has 3 heterocycles. The largest absolute Gasteiger partial charge is 0.299 e. The van der Waals surface area contributed by atoms with Gasteiger partial charge >= 0.3 is 0 Å². The van der Waals surface area contributed by atoms with Gasteiger partial charge in [-0.25, -0.2) is 9.50 Å². The molecule has 0 bridgehead atoms. The van der Waals surface area contributed by atoms with E-state index in [1.165, 1.54) is 0 Å². The Kier molecular flexibility index (Phi) is 3.21. The molecule has 5 rings (SSSR count). The molecule has 1 aromatic carbocycles. The van der Waals surface area contributed by atoms with Crippen LogP contribution in [0.5, 0.6) is 0 Å². The number of ketones is 1. The van der Waals surface area contributed by atoms with E-state index in [4.69, 9.17) is 0 Å². The van der Waals surface area contributed by atoms with E-state index in [2.05, 4.69) is 32.3 Å². The van der Waals surface area contributed by atoms with Gasteiger partial charge in [0.05, 0.1) is 6.20 Å². The summed E-state index contributed by atoms with van der Waals surface area (Å²) in [7, 11) is 1.87. The highest BCUT2D eigenvalue weighted by atomic mass is 16.1. The summed E-state index contributed by atoms with van der Waals surface area (Å²) in [4.78, 5) is 20.8. The van der Waals surface area contributed by atoms with E-state index in [1.807, 2.05) is 19.3 Å². The van der Waals surface area contributed by atoms with Gasteiger partial charge in [0.25, 0.3) is 0 Å². The van der Waals surface area contributed by atoms with Crippen molar-refractivity contribution in [2.75, 3.05) is 0 Å². The summed E-state index contributed by atoms with van der Waals surface area (Å²) in [5.41, 5.74) is 5.78. The molecule has 0 unspecified atom stereocenters. The van der Waals surface area contributed by atoms with Crippen molar-refractivity contribution in [2.45, 2.75) is 19.3 Å². The van der Waals surface area contributed by atoms with E-state index in [1.54, 1.807) is 27.8 Å². The lowest BCUT2D eigenvalue weighted by Gasteiger charge is -2.01. The summed E-state index contributed by atoms with van der Waals surface area (Å²) < 4.78 is 3.49. The van der Waals surface area contributed by atoms with Gasteiger partial charge in [-0.05, 0) is 16.7 Å². The van der Waals surface area contributed by atoms with Gasteiger partial charge in [-0.2, -0.15) is 10.2 Å². The summed E-state index contributed by atoms with van der Waals surface area (Å²) in [6.45, 7) is 0. The number of fused-ring (bicyclic) bond motifs is 2. The van der Waals surface area contributed by atoms with E-state index in [0.717, 1.165) is 33.8 Å². The molecule has 1 aliphatic rings. The second-order valence-electron chi connectivity index (χ2n) is 6.65. The number of Topliss-reactive ketones (excluding diaryl/α,β-unsaturated/α-hetero) is 1. The summed E-state index contributed by atoms with van der Waals surface area (Å²) in [5.74, 6) is 1.02. The fraction of sp³-hybridized carbons (Fsp3) is 0.211. The molecule has 0 radical (unpaired) electrons. The molecule has 4 aromatic rings. The molecule has 7 nitrogen and oxygen atoms in total. The maximum absolute atomic E-state index is 11.6. The van der Waals surface area contributed by atoms with Gasteiger partial charge in [0.1, 0.15) is 11.5 Å². The van der Waals surface area contributed by atoms with Crippen molar-refractivity contribution in [3.05, 3.63) is 65.5 Å². The molecular formula is C19H16N6O. The fourth-order valence-electron chi connectivity index (χ4n) is 3.48. The van der Waals surface area contributed by atoms with Crippen molar-refractivity contribution >= 4 is 11.4 Å². The third-order valence-electron chi connectivity index (χ3n) is 4.68. The molecule has 26 heavy (non-hydrogen) atoms. The number of hydrogen-bond acceptors (Lipinski definition) is 5. The average Bonchev–Trinajstić information content (AvgIpc) is 3.31. The molecular weight excluding hydrogens is 328 g/mol. The van der Waals surface area contributed by atoms with Crippen LogP contribution in [0.2, 0.25) is 0 Å². The van der Waals surface area contributed by atoms with Crippen LogP contribution < -0.4 is 0 Å². The van der Waals surface area contributed by atoms with Crippen molar-refractivity contribution in [2.24, 2.45) is 7.05 Å². The Balaban J connectivity index is 1.51. The van der Waals surface area contributed by atoms with Gasteiger partial charge < -0.3 is 0 Å². The third-order valence-corrected chi connectivity index (χ3v) is 4.68. The SMILES string of the molecule is Cn1cc(-c2nccn3nc(Cc4ccc5c(c4)CC(=O)C5)nc23)cn1. The zero-order valence-corrected chi connectivity index (χ0v) is 14.3. The van der Waals surface area contributed by atoms with Crippen LogP contribution in [0.3, 0.4) is 0 Å². The van der Waals surface area contributed by atoms with Crippen LogP contribution in [0.25, 0.3) is 16.9 Å². The molecule has 0 N–H and O–H groups in total. The van der Waals surface area contributed by atoms with Crippen molar-refractivity contribution in [1.29, 1.82) is 0 Å². The van der Waals surface area contributed by atoms with Crippen LogP contribution in [0, 0.1) is 0 Å². The zero-order valence-electron chi connectivity index (χ0n) is 14.3. The van der Waals surface area contributed by atoms with E-state index in [9.17, 15) is 4.79 Å². The van der Waals surface area contributed by atoms with Crippen molar-refractivity contribution in [3.8, 4) is 11.3 Å². The number of rotatable bonds is 3. The molecule has 0 saturated carbocycles. The lowest BCUT2D eigenvalue weighted by atomic mass is 10.0. The third kappa shape index (κ3) is 2.48. The minimum Gasteiger partial charge on any atom is -0.299 e.